The van der Waals surface area contributed by atoms with Crippen molar-refractivity contribution in [1.29, 1.82) is 0 Å². The van der Waals surface area contributed by atoms with Crippen molar-refractivity contribution < 1.29 is 29.0 Å². The third kappa shape index (κ3) is 11.4. The number of carbonyl (C=O) groups excluding carboxylic acids is 4. The molecule has 2 aliphatic heterocycles. The van der Waals surface area contributed by atoms with Crippen molar-refractivity contribution >= 4 is 47.6 Å². The lowest BCUT2D eigenvalue weighted by molar-refractivity contribution is -0.133. The van der Waals surface area contributed by atoms with Crippen LogP contribution >= 0.6 is 24.0 Å². The van der Waals surface area contributed by atoms with Crippen molar-refractivity contribution in [1.82, 2.24) is 35.8 Å². The van der Waals surface area contributed by atoms with E-state index in [0.29, 0.717) is 50.4 Å². The second kappa shape index (κ2) is 17.9. The molecule has 45 heavy (non-hydrogen) atoms. The number of aryl methyl sites for hydroxylation is 1. The van der Waals surface area contributed by atoms with Crippen LogP contribution in [0.5, 0.6) is 5.75 Å². The highest BCUT2D eigenvalue weighted by atomic mass is 35.5. The van der Waals surface area contributed by atoms with Gasteiger partial charge in [0.2, 0.25) is 17.7 Å². The molecule has 0 spiro atoms. The van der Waals surface area contributed by atoms with Crippen LogP contribution in [-0.2, 0) is 27.3 Å². The zero-order valence-electron chi connectivity index (χ0n) is 26.0. The van der Waals surface area contributed by atoms with Gasteiger partial charge in [0.15, 0.2) is 0 Å². The van der Waals surface area contributed by atoms with Gasteiger partial charge in [0.05, 0.1) is 29.5 Å². The molecule has 250 valence electrons. The Kier molecular flexibility index (Phi) is 15.0. The number of ether oxygens (including phenoxy) is 1. The van der Waals surface area contributed by atoms with Crippen LogP contribution in [0.3, 0.4) is 0 Å². The first-order valence-corrected chi connectivity index (χ1v) is 15.2. The summed E-state index contributed by atoms with van der Waals surface area (Å²) in [4.78, 5) is 53.8. The summed E-state index contributed by atoms with van der Waals surface area (Å²) >= 11 is 6.37. The van der Waals surface area contributed by atoms with Crippen LogP contribution in [0, 0.1) is 5.92 Å². The minimum Gasteiger partial charge on any atom is -0.492 e. The standard InChI is InChI=1S/C29H43ClN8O6.ClH/c1-17(2)14-23-27(41)32-9-12-37(29(43)18(3)31)11-8-21-16-38(36-35-21)10-5-13-44-24-7-6-20(15-22(24)30)26(40)34-25(19(4)39)28(42)33-23;/h6-7,15-19,23,25,39H,5,8-14,31H2,1-4H3,(H,32,41)(H,33,42)(H,34,40);1H/t18-,19+,23+,25-;/m0./s1. The van der Waals surface area contributed by atoms with E-state index < -0.39 is 42.0 Å². The maximum Gasteiger partial charge on any atom is 0.252 e. The second-order valence-electron chi connectivity index (χ2n) is 11.4. The number of nitrogens with two attached hydrogens (primary N) is 1. The number of aliphatic hydroxyl groups excluding tert-OH is 1. The van der Waals surface area contributed by atoms with Crippen molar-refractivity contribution in [3.8, 4) is 5.75 Å². The fourth-order valence-electron chi connectivity index (χ4n) is 4.63. The van der Waals surface area contributed by atoms with Gasteiger partial charge in [-0.2, -0.15) is 0 Å². The van der Waals surface area contributed by atoms with Crippen molar-refractivity contribution in [2.24, 2.45) is 11.7 Å². The Bertz CT molecular complexity index is 1310. The van der Waals surface area contributed by atoms with Crippen molar-refractivity contribution in [3.63, 3.8) is 0 Å². The van der Waals surface area contributed by atoms with E-state index in [9.17, 15) is 24.3 Å². The normalized spacial score (nSPS) is 20.5. The molecule has 16 heteroatoms. The number of amides is 4. The lowest BCUT2D eigenvalue weighted by Gasteiger charge is -2.27. The molecule has 4 amide bonds. The van der Waals surface area contributed by atoms with Crippen LogP contribution in [0.1, 0.15) is 56.6 Å². The molecule has 0 fully saturated rings. The molecule has 0 aliphatic carbocycles. The summed E-state index contributed by atoms with van der Waals surface area (Å²) in [5.41, 5.74) is 6.72. The molecular formula is C29H44Cl2N8O6. The topological polar surface area (TPSA) is 194 Å². The number of nitrogens with zero attached hydrogens (tertiary/aromatic N) is 4. The molecule has 2 aliphatic rings. The van der Waals surface area contributed by atoms with Gasteiger partial charge < -0.3 is 36.4 Å². The van der Waals surface area contributed by atoms with Crippen molar-refractivity contribution in [2.75, 3.05) is 26.2 Å². The van der Waals surface area contributed by atoms with Crippen LogP contribution in [0.2, 0.25) is 5.02 Å². The summed E-state index contributed by atoms with van der Waals surface area (Å²) in [6, 6.07) is 1.44. The highest BCUT2D eigenvalue weighted by Crippen LogP contribution is 2.26. The number of carbonyl (C=O) groups is 4. The van der Waals surface area contributed by atoms with E-state index in [-0.39, 0.29) is 47.9 Å². The Labute approximate surface area is 274 Å². The maximum atomic E-state index is 13.2. The first kappa shape index (κ1) is 37.7. The molecule has 0 saturated heterocycles. The monoisotopic (exact) mass is 670 g/mol. The van der Waals surface area contributed by atoms with Gasteiger partial charge in [-0.1, -0.05) is 30.7 Å². The van der Waals surface area contributed by atoms with E-state index in [1.165, 1.54) is 19.1 Å². The van der Waals surface area contributed by atoms with Gasteiger partial charge in [-0.05, 0) is 44.4 Å². The minimum atomic E-state index is -1.35. The lowest BCUT2D eigenvalue weighted by Crippen LogP contribution is -2.57. The molecule has 4 rings (SSSR count). The first-order valence-electron chi connectivity index (χ1n) is 14.8. The summed E-state index contributed by atoms with van der Waals surface area (Å²) in [5.74, 6) is -1.70. The number of aliphatic hydroxyl groups is 1. The van der Waals surface area contributed by atoms with Gasteiger partial charge in [-0.25, -0.2) is 0 Å². The number of aromatic nitrogens is 3. The number of benzene rings is 1. The molecule has 6 N–H and O–H groups in total. The van der Waals surface area contributed by atoms with Crippen LogP contribution in [0.4, 0.5) is 0 Å². The molecule has 4 atom stereocenters. The highest BCUT2D eigenvalue weighted by Gasteiger charge is 2.31. The number of fused-ring (bicyclic) bond motifs is 17. The Morgan fingerprint density at radius 3 is 2.51 bits per heavy atom. The zero-order chi connectivity index (χ0) is 32.4. The summed E-state index contributed by atoms with van der Waals surface area (Å²) in [6.45, 7) is 8.22. The van der Waals surface area contributed by atoms with Gasteiger partial charge in [0.25, 0.3) is 5.91 Å². The second-order valence-corrected chi connectivity index (χ2v) is 11.8. The number of nitrogens with one attached hydrogen (secondary N) is 3. The lowest BCUT2D eigenvalue weighted by atomic mass is 10.0. The van der Waals surface area contributed by atoms with E-state index in [4.69, 9.17) is 22.1 Å². The Hall–Kier alpha value is -3.46. The SMILES string of the molecule is CC(C)C[C@H]1NC(=O)[C@H]([C@@H](C)O)NC(=O)c2ccc(c(Cl)c2)OCCCn2cc(nn2)CCN(C(=O)[C@H](C)N)CCNC1=O.Cl. The van der Waals surface area contributed by atoms with Gasteiger partial charge in [-0.3, -0.25) is 23.9 Å². The molecule has 2 aromatic rings. The molecule has 4 bridgehead atoms. The fraction of sp³-hybridized carbons (Fsp3) is 0.586. The molecule has 0 saturated carbocycles. The molecule has 14 nitrogen and oxygen atoms in total. The minimum absolute atomic E-state index is 0. The molecule has 0 unspecified atom stereocenters. The van der Waals surface area contributed by atoms with E-state index in [1.807, 2.05) is 13.8 Å². The van der Waals surface area contributed by atoms with E-state index in [0.717, 1.165) is 0 Å². The first-order chi connectivity index (χ1) is 20.8. The summed E-state index contributed by atoms with van der Waals surface area (Å²) < 4.78 is 7.47. The van der Waals surface area contributed by atoms with Crippen LogP contribution in [0.25, 0.3) is 0 Å². The van der Waals surface area contributed by atoms with E-state index >= 15 is 0 Å². The molecular weight excluding hydrogens is 627 g/mol. The number of hydrogen-bond acceptors (Lipinski definition) is 9. The summed E-state index contributed by atoms with van der Waals surface area (Å²) in [6.07, 6.45) is 1.86. The van der Waals surface area contributed by atoms with Crippen LogP contribution < -0.4 is 26.4 Å². The molecule has 1 aromatic carbocycles. The average molecular weight is 672 g/mol. The molecule has 3 heterocycles. The van der Waals surface area contributed by atoms with Crippen LogP contribution in [0.15, 0.2) is 24.4 Å². The Morgan fingerprint density at radius 1 is 1.13 bits per heavy atom. The van der Waals surface area contributed by atoms with Gasteiger partial charge in [-0.15, -0.1) is 17.5 Å². The largest absolute Gasteiger partial charge is 0.492 e. The number of hydrogen-bond donors (Lipinski definition) is 5. The van der Waals surface area contributed by atoms with Gasteiger partial charge in [0, 0.05) is 50.8 Å². The van der Waals surface area contributed by atoms with Gasteiger partial charge >= 0.3 is 0 Å². The van der Waals surface area contributed by atoms with E-state index in [2.05, 4.69) is 26.3 Å². The Balaban J connectivity index is 0.00000705. The Morgan fingerprint density at radius 2 is 1.87 bits per heavy atom. The average Bonchev–Trinajstić information content (AvgIpc) is 3.42. The third-order valence-electron chi connectivity index (χ3n) is 6.98. The molecule has 1 aromatic heterocycles. The molecule has 0 radical (unpaired) electrons. The summed E-state index contributed by atoms with van der Waals surface area (Å²) in [7, 11) is 0. The predicted molar refractivity (Wildman–Crippen MR) is 170 cm³/mol. The highest BCUT2D eigenvalue weighted by molar-refractivity contribution is 6.32. The maximum absolute atomic E-state index is 13.2. The van der Waals surface area contributed by atoms with E-state index in [1.54, 1.807) is 28.8 Å². The van der Waals surface area contributed by atoms with Gasteiger partial charge in [0.1, 0.15) is 17.8 Å². The summed E-state index contributed by atoms with van der Waals surface area (Å²) in [5, 5.41) is 26.9. The zero-order valence-corrected chi connectivity index (χ0v) is 27.6. The third-order valence-corrected chi connectivity index (χ3v) is 7.28. The quantitative estimate of drug-likeness (QED) is 0.291. The van der Waals surface area contributed by atoms with Crippen LogP contribution in [-0.4, -0.2) is 99.1 Å². The fourth-order valence-corrected chi connectivity index (χ4v) is 4.87. The smallest absolute Gasteiger partial charge is 0.252 e. The number of halogens is 2. The van der Waals surface area contributed by atoms with Crippen molar-refractivity contribution in [3.05, 3.63) is 40.7 Å². The van der Waals surface area contributed by atoms with Crippen molar-refractivity contribution in [2.45, 2.75) is 77.7 Å². The number of rotatable bonds is 4. The predicted octanol–water partition coefficient (Wildman–Crippen LogP) is 0.681.